The van der Waals surface area contributed by atoms with E-state index in [1.165, 1.54) is 24.3 Å². The van der Waals surface area contributed by atoms with Crippen LogP contribution in [0.1, 0.15) is 5.56 Å². The van der Waals surface area contributed by atoms with E-state index in [-0.39, 0.29) is 18.2 Å². The molecular weight excluding hydrogens is 356 g/mol. The van der Waals surface area contributed by atoms with Crippen molar-refractivity contribution in [2.45, 2.75) is 0 Å². The Hall–Kier alpha value is -3.88. The lowest BCUT2D eigenvalue weighted by Gasteiger charge is -2.05. The standard InChI is InChI=1S/C18H14N2O7/c21-17(19-13-3-1-2-4-14(13)20(23)24)10-25-18(22)8-6-12-5-7-15-16(9-12)27-11-26-15/h1-9H,10-11H2,(H,19,21)/b8-6+. The Bertz CT molecular complexity index is 924. The van der Waals surface area contributed by atoms with Crippen LogP contribution in [0.2, 0.25) is 0 Å². The summed E-state index contributed by atoms with van der Waals surface area (Å²) in [6.07, 6.45) is 2.67. The van der Waals surface area contributed by atoms with Crippen LogP contribution in [0.15, 0.2) is 48.5 Å². The number of anilines is 1. The van der Waals surface area contributed by atoms with Crippen LogP contribution in [0.25, 0.3) is 6.08 Å². The molecule has 3 rings (SSSR count). The van der Waals surface area contributed by atoms with E-state index < -0.39 is 23.4 Å². The molecule has 9 heteroatoms. The van der Waals surface area contributed by atoms with Crippen molar-refractivity contribution in [3.8, 4) is 11.5 Å². The summed E-state index contributed by atoms with van der Waals surface area (Å²) in [5, 5.41) is 13.2. The number of rotatable bonds is 6. The summed E-state index contributed by atoms with van der Waals surface area (Å²) in [5.41, 5.74) is 0.472. The zero-order chi connectivity index (χ0) is 19.2. The molecule has 0 atom stereocenters. The summed E-state index contributed by atoms with van der Waals surface area (Å²) in [4.78, 5) is 33.8. The maximum absolute atomic E-state index is 11.8. The number of esters is 1. The number of amides is 1. The Balaban J connectivity index is 1.52. The number of ether oxygens (including phenoxy) is 3. The number of carbonyl (C=O) groups excluding carboxylic acids is 2. The first-order valence-corrected chi connectivity index (χ1v) is 7.81. The molecule has 1 amide bonds. The van der Waals surface area contributed by atoms with E-state index in [0.717, 1.165) is 6.08 Å². The second-order valence-corrected chi connectivity index (χ2v) is 5.38. The fourth-order valence-electron chi connectivity index (χ4n) is 2.29. The number of para-hydroxylation sites is 2. The first-order valence-electron chi connectivity index (χ1n) is 7.81. The van der Waals surface area contributed by atoms with Gasteiger partial charge in [-0.3, -0.25) is 14.9 Å². The van der Waals surface area contributed by atoms with Crippen LogP contribution in [0, 0.1) is 10.1 Å². The second kappa shape index (κ2) is 8.00. The number of fused-ring (bicyclic) bond motifs is 1. The average molecular weight is 370 g/mol. The SMILES string of the molecule is O=C(COC(=O)/C=C/c1ccc2c(c1)OCO2)Nc1ccccc1[N+](=O)[O-]. The molecule has 0 saturated heterocycles. The number of nitrogens with one attached hydrogen (secondary N) is 1. The highest BCUT2D eigenvalue weighted by Gasteiger charge is 2.15. The van der Waals surface area contributed by atoms with Crippen LogP contribution in [0.5, 0.6) is 11.5 Å². The molecule has 27 heavy (non-hydrogen) atoms. The van der Waals surface area contributed by atoms with E-state index >= 15 is 0 Å². The first kappa shape index (κ1) is 17.9. The first-order chi connectivity index (χ1) is 13.0. The molecule has 9 nitrogen and oxygen atoms in total. The van der Waals surface area contributed by atoms with Crippen molar-refractivity contribution < 1.29 is 28.7 Å². The van der Waals surface area contributed by atoms with E-state index in [4.69, 9.17) is 14.2 Å². The van der Waals surface area contributed by atoms with Gasteiger partial charge in [-0.25, -0.2) is 4.79 Å². The number of nitro benzene ring substituents is 1. The van der Waals surface area contributed by atoms with E-state index in [1.54, 1.807) is 24.3 Å². The minimum absolute atomic E-state index is 0.0273. The van der Waals surface area contributed by atoms with E-state index in [2.05, 4.69) is 5.32 Å². The molecule has 0 radical (unpaired) electrons. The number of nitrogens with zero attached hydrogens (tertiary/aromatic N) is 1. The smallest absolute Gasteiger partial charge is 0.331 e. The zero-order valence-corrected chi connectivity index (χ0v) is 13.9. The highest BCUT2D eigenvalue weighted by Crippen LogP contribution is 2.32. The van der Waals surface area contributed by atoms with Crippen LogP contribution in [0.3, 0.4) is 0 Å². The van der Waals surface area contributed by atoms with Gasteiger partial charge in [0.25, 0.3) is 11.6 Å². The summed E-state index contributed by atoms with van der Waals surface area (Å²) in [6, 6.07) is 10.8. The highest BCUT2D eigenvalue weighted by molar-refractivity contribution is 5.96. The summed E-state index contributed by atoms with van der Waals surface area (Å²) in [7, 11) is 0. The molecule has 2 aromatic carbocycles. The summed E-state index contributed by atoms with van der Waals surface area (Å²) >= 11 is 0. The van der Waals surface area contributed by atoms with Crippen LogP contribution < -0.4 is 14.8 Å². The molecular formula is C18H14N2O7. The Morgan fingerprint density at radius 2 is 1.96 bits per heavy atom. The molecule has 1 aliphatic heterocycles. The van der Waals surface area contributed by atoms with Gasteiger partial charge in [0.2, 0.25) is 6.79 Å². The van der Waals surface area contributed by atoms with Gasteiger partial charge in [-0.1, -0.05) is 18.2 Å². The molecule has 138 valence electrons. The molecule has 0 aromatic heterocycles. The van der Waals surface area contributed by atoms with Gasteiger partial charge in [0, 0.05) is 12.1 Å². The maximum Gasteiger partial charge on any atom is 0.331 e. The number of benzene rings is 2. The fraction of sp³-hybridized carbons (Fsp3) is 0.111. The molecule has 0 saturated carbocycles. The number of hydrogen-bond donors (Lipinski definition) is 1. The molecule has 0 aliphatic carbocycles. The maximum atomic E-state index is 11.8. The number of nitro groups is 1. The molecule has 0 spiro atoms. The van der Waals surface area contributed by atoms with Gasteiger partial charge in [-0.15, -0.1) is 0 Å². The van der Waals surface area contributed by atoms with E-state index in [0.29, 0.717) is 17.1 Å². The molecule has 1 N–H and O–H groups in total. The summed E-state index contributed by atoms with van der Waals surface area (Å²) in [6.45, 7) is -0.421. The quantitative estimate of drug-likeness (QED) is 0.359. The lowest BCUT2D eigenvalue weighted by atomic mass is 10.2. The largest absolute Gasteiger partial charge is 0.454 e. The van der Waals surface area contributed by atoms with Crippen LogP contribution in [-0.4, -0.2) is 30.2 Å². The second-order valence-electron chi connectivity index (χ2n) is 5.38. The van der Waals surface area contributed by atoms with Gasteiger partial charge in [0.05, 0.1) is 4.92 Å². The monoisotopic (exact) mass is 370 g/mol. The zero-order valence-electron chi connectivity index (χ0n) is 13.9. The van der Waals surface area contributed by atoms with Crippen LogP contribution >= 0.6 is 0 Å². The van der Waals surface area contributed by atoms with Crippen molar-refractivity contribution in [3.05, 3.63) is 64.2 Å². The van der Waals surface area contributed by atoms with Crippen molar-refractivity contribution in [3.63, 3.8) is 0 Å². The van der Waals surface area contributed by atoms with Gasteiger partial charge in [0.1, 0.15) is 5.69 Å². The van der Waals surface area contributed by atoms with Crippen molar-refractivity contribution in [2.24, 2.45) is 0 Å². The molecule has 1 aliphatic rings. The lowest BCUT2D eigenvalue weighted by molar-refractivity contribution is -0.383. The summed E-state index contributed by atoms with van der Waals surface area (Å²) < 4.78 is 15.3. The predicted molar refractivity (Wildman–Crippen MR) is 94.3 cm³/mol. The average Bonchev–Trinajstić information content (AvgIpc) is 3.12. The predicted octanol–water partition coefficient (Wildman–Crippen LogP) is 2.52. The normalized spacial score (nSPS) is 12.0. The van der Waals surface area contributed by atoms with Gasteiger partial charge in [0.15, 0.2) is 18.1 Å². The van der Waals surface area contributed by atoms with Crippen molar-refractivity contribution >= 4 is 29.3 Å². The Morgan fingerprint density at radius 1 is 1.19 bits per heavy atom. The molecule has 0 unspecified atom stereocenters. The van der Waals surface area contributed by atoms with Crippen LogP contribution in [-0.2, 0) is 14.3 Å². The fourth-order valence-corrected chi connectivity index (χ4v) is 2.29. The number of carbonyl (C=O) groups is 2. The van der Waals surface area contributed by atoms with Crippen molar-refractivity contribution in [2.75, 3.05) is 18.7 Å². The van der Waals surface area contributed by atoms with Gasteiger partial charge < -0.3 is 19.5 Å². The number of hydrogen-bond acceptors (Lipinski definition) is 7. The summed E-state index contributed by atoms with van der Waals surface area (Å²) in [5.74, 6) is -0.213. The van der Waals surface area contributed by atoms with E-state index in [9.17, 15) is 19.7 Å². The third-order valence-corrected chi connectivity index (χ3v) is 3.53. The lowest BCUT2D eigenvalue weighted by Crippen LogP contribution is -2.20. The third kappa shape index (κ3) is 4.60. The Labute approximate surface area is 153 Å². The highest BCUT2D eigenvalue weighted by atomic mass is 16.7. The minimum Gasteiger partial charge on any atom is -0.454 e. The Morgan fingerprint density at radius 3 is 2.78 bits per heavy atom. The van der Waals surface area contributed by atoms with Crippen molar-refractivity contribution in [1.82, 2.24) is 0 Å². The molecule has 1 heterocycles. The van der Waals surface area contributed by atoms with E-state index in [1.807, 2.05) is 0 Å². The molecule has 0 bridgehead atoms. The molecule has 0 fully saturated rings. The topological polar surface area (TPSA) is 117 Å². The van der Waals surface area contributed by atoms with Gasteiger partial charge in [-0.2, -0.15) is 0 Å². The third-order valence-electron chi connectivity index (χ3n) is 3.53. The minimum atomic E-state index is -0.731. The van der Waals surface area contributed by atoms with Gasteiger partial charge in [-0.05, 0) is 29.8 Å². The van der Waals surface area contributed by atoms with Gasteiger partial charge >= 0.3 is 5.97 Å². The van der Waals surface area contributed by atoms with Crippen LogP contribution in [0.4, 0.5) is 11.4 Å². The Kier molecular flexibility index (Phi) is 5.31. The molecule has 2 aromatic rings. The van der Waals surface area contributed by atoms with Crippen molar-refractivity contribution in [1.29, 1.82) is 0 Å².